The van der Waals surface area contributed by atoms with Crippen LogP contribution in [0.2, 0.25) is 10.0 Å². The highest BCUT2D eigenvalue weighted by Gasteiger charge is 2.19. The van der Waals surface area contributed by atoms with E-state index in [0.717, 1.165) is 25.9 Å². The van der Waals surface area contributed by atoms with E-state index >= 15 is 0 Å². The molecule has 0 aromatic heterocycles. The highest BCUT2D eigenvalue weighted by Crippen LogP contribution is 2.33. The fourth-order valence-corrected chi connectivity index (χ4v) is 3.33. The molecule has 8 heteroatoms. The number of sulfonamides is 1. The smallest absolute Gasteiger partial charge is 0.239 e. The molecule has 1 unspecified atom stereocenters. The molecule has 1 heterocycles. The first-order valence-corrected chi connectivity index (χ1v) is 8.44. The summed E-state index contributed by atoms with van der Waals surface area (Å²) in [5.41, 5.74) is 0. The first-order chi connectivity index (χ1) is 9.38. The summed E-state index contributed by atoms with van der Waals surface area (Å²) in [6.45, 7) is 1.08. The lowest BCUT2D eigenvalue weighted by Gasteiger charge is -2.23. The summed E-state index contributed by atoms with van der Waals surface area (Å²) in [5, 5.41) is 5.17. The van der Waals surface area contributed by atoms with Crippen molar-refractivity contribution in [3.63, 3.8) is 0 Å². The van der Waals surface area contributed by atoms with Gasteiger partial charge in [0.25, 0.3) is 0 Å². The predicted molar refractivity (Wildman–Crippen MR) is 76.9 cm³/mol. The van der Waals surface area contributed by atoms with Gasteiger partial charge in [0.2, 0.25) is 10.0 Å². The van der Waals surface area contributed by atoms with Crippen LogP contribution in [0.4, 0.5) is 0 Å². The van der Waals surface area contributed by atoms with Crippen LogP contribution in [0.25, 0.3) is 0 Å². The quantitative estimate of drug-likeness (QED) is 0.914. The Balaban J connectivity index is 2.11. The van der Waals surface area contributed by atoms with E-state index in [2.05, 4.69) is 0 Å². The third-order valence-corrected chi connectivity index (χ3v) is 4.66. The van der Waals surface area contributed by atoms with E-state index in [1.54, 1.807) is 0 Å². The number of hydrogen-bond acceptors (Lipinski definition) is 4. The summed E-state index contributed by atoms with van der Waals surface area (Å²) in [6, 6.07) is 2.54. The third kappa shape index (κ3) is 3.99. The van der Waals surface area contributed by atoms with Gasteiger partial charge in [-0.2, -0.15) is 0 Å². The van der Waals surface area contributed by atoms with Crippen LogP contribution in [-0.4, -0.2) is 27.7 Å². The lowest BCUT2D eigenvalue weighted by molar-refractivity contribution is -0.0110. The Kier molecular flexibility index (Phi) is 5.14. The van der Waals surface area contributed by atoms with E-state index in [9.17, 15) is 8.42 Å². The number of ether oxygens (including phenoxy) is 2. The summed E-state index contributed by atoms with van der Waals surface area (Å²) >= 11 is 11.9. The fraction of sp³-hybridized carbons (Fsp3) is 0.500. The average Bonchev–Trinajstić information content (AvgIpc) is 2.39. The van der Waals surface area contributed by atoms with Gasteiger partial charge in [0.15, 0.2) is 0 Å². The maximum absolute atomic E-state index is 11.3. The minimum atomic E-state index is -3.90. The van der Waals surface area contributed by atoms with Crippen molar-refractivity contribution in [2.75, 3.05) is 13.2 Å². The van der Waals surface area contributed by atoms with Crippen molar-refractivity contribution in [3.05, 3.63) is 22.2 Å². The van der Waals surface area contributed by atoms with Crippen LogP contribution in [0.5, 0.6) is 5.75 Å². The number of nitrogens with two attached hydrogens (primary N) is 1. The Hall–Kier alpha value is -0.530. The topological polar surface area (TPSA) is 78.6 Å². The van der Waals surface area contributed by atoms with Crippen LogP contribution in [0.1, 0.15) is 19.3 Å². The second-order valence-corrected chi connectivity index (χ2v) is 6.90. The molecule has 1 atom stereocenters. The van der Waals surface area contributed by atoms with E-state index in [-0.39, 0.29) is 21.0 Å². The zero-order valence-electron chi connectivity index (χ0n) is 10.6. The molecule has 1 aliphatic rings. The van der Waals surface area contributed by atoms with Gasteiger partial charge in [-0.05, 0) is 25.3 Å². The molecule has 0 spiro atoms. The summed E-state index contributed by atoms with van der Waals surface area (Å²) in [6.07, 6.45) is 3.12. The van der Waals surface area contributed by atoms with Gasteiger partial charge in [-0.3, -0.25) is 0 Å². The van der Waals surface area contributed by atoms with Crippen LogP contribution in [0.3, 0.4) is 0 Å². The van der Waals surface area contributed by atoms with E-state index in [1.165, 1.54) is 12.1 Å². The van der Waals surface area contributed by atoms with Gasteiger partial charge in [-0.15, -0.1) is 0 Å². The molecule has 2 rings (SSSR count). The molecule has 1 fully saturated rings. The van der Waals surface area contributed by atoms with Crippen molar-refractivity contribution in [1.82, 2.24) is 0 Å². The molecule has 0 amide bonds. The molecule has 112 valence electrons. The van der Waals surface area contributed by atoms with E-state index in [0.29, 0.717) is 12.4 Å². The third-order valence-electron chi connectivity index (χ3n) is 2.99. The Morgan fingerprint density at radius 3 is 2.65 bits per heavy atom. The lowest BCUT2D eigenvalue weighted by atomic mass is 10.1. The van der Waals surface area contributed by atoms with Crippen LogP contribution in [0.15, 0.2) is 17.0 Å². The Morgan fingerprint density at radius 2 is 2.05 bits per heavy atom. The van der Waals surface area contributed by atoms with Crippen LogP contribution in [-0.2, 0) is 14.8 Å². The van der Waals surface area contributed by atoms with Crippen LogP contribution < -0.4 is 9.88 Å². The summed E-state index contributed by atoms with van der Waals surface area (Å²) in [4.78, 5) is -0.217. The van der Waals surface area contributed by atoms with Gasteiger partial charge < -0.3 is 9.47 Å². The van der Waals surface area contributed by atoms with Gasteiger partial charge in [0, 0.05) is 12.7 Å². The van der Waals surface area contributed by atoms with Crippen molar-refractivity contribution in [3.8, 4) is 5.75 Å². The van der Waals surface area contributed by atoms with Crippen molar-refractivity contribution in [1.29, 1.82) is 0 Å². The van der Waals surface area contributed by atoms with E-state index < -0.39 is 10.0 Å². The number of rotatable bonds is 4. The molecular formula is C12H15Cl2NO4S. The highest BCUT2D eigenvalue weighted by atomic mass is 35.5. The number of benzene rings is 1. The van der Waals surface area contributed by atoms with Crippen LogP contribution >= 0.6 is 23.2 Å². The second-order valence-electron chi connectivity index (χ2n) is 4.56. The normalized spacial score (nSPS) is 19.9. The monoisotopic (exact) mass is 339 g/mol. The fourth-order valence-electron chi connectivity index (χ4n) is 1.96. The minimum Gasteiger partial charge on any atom is -0.489 e. The second kappa shape index (κ2) is 6.49. The molecule has 1 aromatic rings. The average molecular weight is 340 g/mol. The number of primary sulfonamides is 1. The van der Waals surface area contributed by atoms with Gasteiger partial charge in [0.1, 0.15) is 17.3 Å². The van der Waals surface area contributed by atoms with Crippen molar-refractivity contribution >= 4 is 33.2 Å². The molecule has 1 aliphatic heterocycles. The predicted octanol–water partition coefficient (Wildman–Crippen LogP) is 2.59. The zero-order valence-corrected chi connectivity index (χ0v) is 13.0. The van der Waals surface area contributed by atoms with Crippen LogP contribution in [0, 0.1) is 0 Å². The van der Waals surface area contributed by atoms with Gasteiger partial charge in [-0.25, -0.2) is 13.6 Å². The largest absolute Gasteiger partial charge is 0.489 e. The first-order valence-electron chi connectivity index (χ1n) is 6.14. The van der Waals surface area contributed by atoms with Gasteiger partial charge >= 0.3 is 0 Å². The van der Waals surface area contributed by atoms with Crippen molar-refractivity contribution < 1.29 is 17.9 Å². The molecule has 2 N–H and O–H groups in total. The highest BCUT2D eigenvalue weighted by molar-refractivity contribution is 7.89. The molecule has 0 aliphatic carbocycles. The van der Waals surface area contributed by atoms with Gasteiger partial charge in [0.05, 0.1) is 16.1 Å². The summed E-state index contributed by atoms with van der Waals surface area (Å²) in [5.74, 6) is 0.318. The maximum atomic E-state index is 11.3. The molecule has 20 heavy (non-hydrogen) atoms. The minimum absolute atomic E-state index is 0.0172. The molecule has 5 nitrogen and oxygen atoms in total. The van der Waals surface area contributed by atoms with E-state index in [1.807, 2.05) is 0 Å². The Labute approximate surface area is 128 Å². The molecule has 0 bridgehead atoms. The van der Waals surface area contributed by atoms with Gasteiger partial charge in [-0.1, -0.05) is 23.2 Å². The van der Waals surface area contributed by atoms with E-state index in [4.69, 9.17) is 37.8 Å². The molecular weight excluding hydrogens is 325 g/mol. The molecule has 0 radical (unpaired) electrons. The van der Waals surface area contributed by atoms with Crippen molar-refractivity contribution in [2.24, 2.45) is 5.14 Å². The first kappa shape index (κ1) is 15.9. The molecule has 1 saturated heterocycles. The zero-order chi connectivity index (χ0) is 14.8. The number of halogens is 2. The molecule has 1 aromatic carbocycles. The SMILES string of the molecule is NS(=O)(=O)c1cc(Cl)c(OCC2CCCCO2)cc1Cl. The van der Waals surface area contributed by atoms with Crippen molar-refractivity contribution in [2.45, 2.75) is 30.3 Å². The Morgan fingerprint density at radius 1 is 1.30 bits per heavy atom. The Bertz CT molecular complexity index is 585. The standard InChI is InChI=1S/C12H15Cl2NO4S/c13-9-6-12(20(15,16)17)10(14)5-11(9)19-7-8-3-1-2-4-18-8/h5-6,8H,1-4,7H2,(H2,15,16,17). The number of hydrogen-bond donors (Lipinski definition) is 1. The summed E-state index contributed by atoms with van der Waals surface area (Å²) in [7, 11) is -3.90. The lowest BCUT2D eigenvalue weighted by Crippen LogP contribution is -2.25. The molecule has 0 saturated carbocycles. The summed E-state index contributed by atoms with van der Waals surface area (Å²) < 4.78 is 33.7. The maximum Gasteiger partial charge on any atom is 0.239 e.